The second-order valence-electron chi connectivity index (χ2n) is 4.86. The number of amides is 1. The van der Waals surface area contributed by atoms with E-state index in [4.69, 9.17) is 17.3 Å². The van der Waals surface area contributed by atoms with Gasteiger partial charge in [0.2, 0.25) is 0 Å². The Morgan fingerprint density at radius 2 is 2.47 bits per heavy atom. The van der Waals surface area contributed by atoms with Gasteiger partial charge in [-0.2, -0.15) is 0 Å². The van der Waals surface area contributed by atoms with Crippen LogP contribution in [0.2, 0.25) is 5.15 Å². The van der Waals surface area contributed by atoms with Gasteiger partial charge in [0.1, 0.15) is 5.15 Å². The van der Waals surface area contributed by atoms with Gasteiger partial charge in [0.05, 0.1) is 17.4 Å². The maximum atomic E-state index is 12.0. The molecule has 0 spiro atoms. The van der Waals surface area contributed by atoms with Crippen molar-refractivity contribution in [3.05, 3.63) is 23.0 Å². The fourth-order valence-electron chi connectivity index (χ4n) is 2.32. The highest BCUT2D eigenvalue weighted by Crippen LogP contribution is 2.17. The predicted molar refractivity (Wildman–Crippen MR) is 76.2 cm³/mol. The molecule has 19 heavy (non-hydrogen) atoms. The molecule has 0 aromatic carbocycles. The van der Waals surface area contributed by atoms with Crippen molar-refractivity contribution < 1.29 is 4.79 Å². The van der Waals surface area contributed by atoms with Crippen LogP contribution in [0.15, 0.2) is 12.3 Å². The molecule has 1 atom stereocenters. The van der Waals surface area contributed by atoms with E-state index in [1.807, 2.05) is 0 Å². The quantitative estimate of drug-likeness (QED) is 0.819. The molecule has 1 aliphatic heterocycles. The molecule has 0 saturated carbocycles. The van der Waals surface area contributed by atoms with Crippen LogP contribution in [0.3, 0.4) is 0 Å². The largest absolute Gasteiger partial charge is 0.397 e. The monoisotopic (exact) mass is 282 g/mol. The second kappa shape index (κ2) is 6.21. The number of carbonyl (C=O) groups is 1. The van der Waals surface area contributed by atoms with Crippen molar-refractivity contribution in [2.75, 3.05) is 31.9 Å². The molecule has 2 rings (SSSR count). The summed E-state index contributed by atoms with van der Waals surface area (Å²) in [7, 11) is 0. The average molecular weight is 283 g/mol. The molecule has 3 N–H and O–H groups in total. The maximum Gasteiger partial charge on any atom is 0.254 e. The highest BCUT2D eigenvalue weighted by molar-refractivity contribution is 6.32. The van der Waals surface area contributed by atoms with Gasteiger partial charge in [-0.25, -0.2) is 4.98 Å². The number of hydrogen-bond acceptors (Lipinski definition) is 4. The zero-order chi connectivity index (χ0) is 13.8. The molecule has 1 amide bonds. The summed E-state index contributed by atoms with van der Waals surface area (Å²) in [6.45, 7) is 6.03. The first-order valence-electron chi connectivity index (χ1n) is 6.51. The van der Waals surface area contributed by atoms with E-state index in [0.29, 0.717) is 23.7 Å². The summed E-state index contributed by atoms with van der Waals surface area (Å²) >= 11 is 5.90. The SMILES string of the molecule is CCN1CCC(CNC(=O)c2cc(N)cnc2Cl)C1. The Balaban J connectivity index is 1.89. The van der Waals surface area contributed by atoms with Crippen LogP contribution in [0.5, 0.6) is 0 Å². The van der Waals surface area contributed by atoms with Crippen LogP contribution < -0.4 is 11.1 Å². The van der Waals surface area contributed by atoms with E-state index < -0.39 is 0 Å². The lowest BCUT2D eigenvalue weighted by molar-refractivity contribution is 0.0947. The third-order valence-electron chi connectivity index (χ3n) is 3.47. The number of nitrogens with zero attached hydrogens (tertiary/aromatic N) is 2. The Bertz CT molecular complexity index is 466. The molecule has 1 aromatic heterocycles. The normalized spacial score (nSPS) is 19.6. The number of hydrogen-bond donors (Lipinski definition) is 2. The van der Waals surface area contributed by atoms with Gasteiger partial charge in [0, 0.05) is 13.1 Å². The van der Waals surface area contributed by atoms with Gasteiger partial charge < -0.3 is 16.0 Å². The highest BCUT2D eigenvalue weighted by atomic mass is 35.5. The number of pyridine rings is 1. The molecule has 0 bridgehead atoms. The highest BCUT2D eigenvalue weighted by Gasteiger charge is 2.22. The minimum atomic E-state index is -0.209. The van der Waals surface area contributed by atoms with Gasteiger partial charge in [0.25, 0.3) is 5.91 Å². The number of rotatable bonds is 4. The lowest BCUT2D eigenvalue weighted by Gasteiger charge is -2.14. The Kier molecular flexibility index (Phi) is 4.61. The molecule has 5 nitrogen and oxygen atoms in total. The molecular weight excluding hydrogens is 264 g/mol. The maximum absolute atomic E-state index is 12.0. The predicted octanol–water partition coefficient (Wildman–Crippen LogP) is 1.39. The average Bonchev–Trinajstić information content (AvgIpc) is 2.87. The van der Waals surface area contributed by atoms with E-state index >= 15 is 0 Å². The van der Waals surface area contributed by atoms with E-state index in [9.17, 15) is 4.79 Å². The Hall–Kier alpha value is -1.33. The minimum absolute atomic E-state index is 0.188. The van der Waals surface area contributed by atoms with Crippen molar-refractivity contribution >= 4 is 23.2 Å². The van der Waals surface area contributed by atoms with E-state index in [1.54, 1.807) is 6.07 Å². The second-order valence-corrected chi connectivity index (χ2v) is 5.22. The van der Waals surface area contributed by atoms with Crippen molar-refractivity contribution in [2.24, 2.45) is 5.92 Å². The van der Waals surface area contributed by atoms with Crippen LogP contribution in [-0.2, 0) is 0 Å². The molecule has 6 heteroatoms. The van der Waals surface area contributed by atoms with Gasteiger partial charge in [-0.1, -0.05) is 18.5 Å². The molecule has 0 aliphatic carbocycles. The van der Waals surface area contributed by atoms with E-state index in [2.05, 4.69) is 22.1 Å². The van der Waals surface area contributed by atoms with Crippen LogP contribution in [0.4, 0.5) is 5.69 Å². The summed E-state index contributed by atoms with van der Waals surface area (Å²) in [4.78, 5) is 18.3. The van der Waals surface area contributed by atoms with Crippen LogP contribution in [-0.4, -0.2) is 42.0 Å². The van der Waals surface area contributed by atoms with Crippen LogP contribution in [0.1, 0.15) is 23.7 Å². The van der Waals surface area contributed by atoms with E-state index in [1.165, 1.54) is 6.20 Å². The number of halogens is 1. The number of nitrogens with one attached hydrogen (secondary N) is 1. The first-order chi connectivity index (χ1) is 9.10. The number of nitrogen functional groups attached to an aromatic ring is 1. The van der Waals surface area contributed by atoms with Gasteiger partial charge in [-0.05, 0) is 31.5 Å². The third-order valence-corrected chi connectivity index (χ3v) is 3.77. The van der Waals surface area contributed by atoms with E-state index in [-0.39, 0.29) is 11.1 Å². The fraction of sp³-hybridized carbons (Fsp3) is 0.538. The van der Waals surface area contributed by atoms with Crippen LogP contribution in [0, 0.1) is 5.92 Å². The number of aromatic nitrogens is 1. The molecule has 1 aliphatic rings. The summed E-state index contributed by atoms with van der Waals surface area (Å²) < 4.78 is 0. The zero-order valence-electron chi connectivity index (χ0n) is 11.0. The first kappa shape index (κ1) is 14.1. The summed E-state index contributed by atoms with van der Waals surface area (Å²) in [6.07, 6.45) is 2.56. The van der Waals surface area contributed by atoms with E-state index in [0.717, 1.165) is 26.1 Å². The molecule has 1 saturated heterocycles. The molecule has 0 radical (unpaired) electrons. The summed E-state index contributed by atoms with van der Waals surface area (Å²) in [5, 5.41) is 3.10. The van der Waals surface area contributed by atoms with Crippen LogP contribution in [0.25, 0.3) is 0 Å². The van der Waals surface area contributed by atoms with Gasteiger partial charge in [0.15, 0.2) is 0 Å². The van der Waals surface area contributed by atoms with Crippen molar-refractivity contribution in [2.45, 2.75) is 13.3 Å². The summed E-state index contributed by atoms with van der Waals surface area (Å²) in [6, 6.07) is 1.55. The Morgan fingerprint density at radius 1 is 1.68 bits per heavy atom. The molecule has 104 valence electrons. The smallest absolute Gasteiger partial charge is 0.254 e. The molecule has 1 aromatic rings. The fourth-order valence-corrected chi connectivity index (χ4v) is 2.51. The minimum Gasteiger partial charge on any atom is -0.397 e. The molecule has 2 heterocycles. The molecule has 1 unspecified atom stereocenters. The lowest BCUT2D eigenvalue weighted by atomic mass is 10.1. The number of nitrogens with two attached hydrogens (primary N) is 1. The number of carbonyl (C=O) groups excluding carboxylic acids is 1. The van der Waals surface area contributed by atoms with Gasteiger partial charge in [-0.3, -0.25) is 4.79 Å². The summed E-state index contributed by atoms with van der Waals surface area (Å²) in [5.41, 5.74) is 6.39. The standard InChI is InChI=1S/C13H19ClN4O/c1-2-18-4-3-9(8-18)6-17-13(19)11-5-10(15)7-16-12(11)14/h5,7,9H,2-4,6,8,15H2,1H3,(H,17,19). The van der Waals surface area contributed by atoms with Crippen molar-refractivity contribution in [3.8, 4) is 0 Å². The zero-order valence-corrected chi connectivity index (χ0v) is 11.8. The van der Waals surface area contributed by atoms with Crippen molar-refractivity contribution in [1.29, 1.82) is 0 Å². The van der Waals surface area contributed by atoms with Crippen molar-refractivity contribution in [1.82, 2.24) is 15.2 Å². The molecule has 1 fully saturated rings. The first-order valence-corrected chi connectivity index (χ1v) is 6.89. The Labute approximate surface area is 118 Å². The molecular formula is C13H19ClN4O. The topological polar surface area (TPSA) is 71.2 Å². The summed E-state index contributed by atoms with van der Waals surface area (Å²) in [5.74, 6) is 0.302. The number of anilines is 1. The lowest BCUT2D eigenvalue weighted by Crippen LogP contribution is -2.31. The number of likely N-dealkylation sites (tertiary alicyclic amines) is 1. The Morgan fingerprint density at radius 3 is 3.16 bits per heavy atom. The van der Waals surface area contributed by atoms with Gasteiger partial charge in [-0.15, -0.1) is 0 Å². The van der Waals surface area contributed by atoms with Crippen LogP contribution >= 0.6 is 11.6 Å². The van der Waals surface area contributed by atoms with Gasteiger partial charge >= 0.3 is 0 Å². The third kappa shape index (κ3) is 3.58. The van der Waals surface area contributed by atoms with Crippen molar-refractivity contribution in [3.63, 3.8) is 0 Å².